The lowest BCUT2D eigenvalue weighted by atomic mass is 10.1. The van der Waals surface area contributed by atoms with Crippen molar-refractivity contribution in [3.63, 3.8) is 0 Å². The first-order valence-corrected chi connectivity index (χ1v) is 13.9. The molecule has 42 heavy (non-hydrogen) atoms. The number of aryl methyl sites for hydroxylation is 1. The van der Waals surface area contributed by atoms with Crippen LogP contribution in [0.1, 0.15) is 23.0 Å². The summed E-state index contributed by atoms with van der Waals surface area (Å²) in [5.41, 5.74) is -0.911. The van der Waals surface area contributed by atoms with E-state index in [4.69, 9.17) is 19.1 Å². The third-order valence-corrected chi connectivity index (χ3v) is 6.87. The number of nitrogens with zero attached hydrogens (tertiary/aromatic N) is 5. The summed E-state index contributed by atoms with van der Waals surface area (Å²) >= 11 is 0. The number of aliphatic hydroxyl groups is 2. The van der Waals surface area contributed by atoms with Crippen LogP contribution < -0.4 is 20.7 Å². The molecule has 1 fully saturated rings. The maximum atomic E-state index is 12.5. The van der Waals surface area contributed by atoms with Gasteiger partial charge in [-0.05, 0) is 6.07 Å². The van der Waals surface area contributed by atoms with Gasteiger partial charge in [0, 0.05) is 26.6 Å². The summed E-state index contributed by atoms with van der Waals surface area (Å²) in [6, 6.07) is 2.88. The molecule has 1 saturated heterocycles. The standard InChI is InChI=1S/C23H28N5O13P/c1-25-19-16(20(32)26(2)23(25)34)28(12-24-19)10-15(29)38-7-4-8-39-22(33)13-5-3-6-27(9-13)21-18(31)17(30)14(41-21)11-40-42(35,36)37/h3,5-6,9,12,14,17-18,21,30-31H,4,7-8,10-11H2,1-2H3,(H-,35,36,37)/t14-,17-,18-,21-/m1/s1. The Balaban J connectivity index is 1.26. The summed E-state index contributed by atoms with van der Waals surface area (Å²) in [6.45, 7) is -1.29. The zero-order valence-corrected chi connectivity index (χ0v) is 23.2. The number of imidazole rings is 1. The van der Waals surface area contributed by atoms with E-state index in [2.05, 4.69) is 9.51 Å². The molecule has 1 unspecified atom stereocenters. The number of hydrogen-bond donors (Lipinski definition) is 3. The summed E-state index contributed by atoms with van der Waals surface area (Å²) in [5.74, 6) is -1.43. The van der Waals surface area contributed by atoms with Crippen LogP contribution in [-0.4, -0.2) is 83.9 Å². The van der Waals surface area contributed by atoms with E-state index in [-0.39, 0.29) is 42.9 Å². The fourth-order valence-corrected chi connectivity index (χ4v) is 4.58. The first-order chi connectivity index (χ1) is 19.8. The second kappa shape index (κ2) is 12.6. The molecule has 0 amide bonds. The molecular formula is C23H28N5O13P. The minimum atomic E-state index is -5.07. The molecule has 1 aliphatic rings. The maximum absolute atomic E-state index is 12.5. The summed E-state index contributed by atoms with van der Waals surface area (Å²) in [5, 5.41) is 20.4. The van der Waals surface area contributed by atoms with E-state index in [9.17, 15) is 38.8 Å². The van der Waals surface area contributed by atoms with Gasteiger partial charge in [-0.15, -0.1) is 0 Å². The van der Waals surface area contributed by atoms with E-state index < -0.39 is 62.2 Å². The molecule has 0 saturated carbocycles. The molecule has 3 N–H and O–H groups in total. The van der Waals surface area contributed by atoms with Gasteiger partial charge in [0.05, 0.1) is 26.1 Å². The zero-order valence-electron chi connectivity index (χ0n) is 22.3. The Morgan fingerprint density at radius 3 is 2.60 bits per heavy atom. The van der Waals surface area contributed by atoms with Crippen molar-refractivity contribution in [3.8, 4) is 0 Å². The highest BCUT2D eigenvalue weighted by atomic mass is 31.2. The Bertz CT molecular complexity index is 1640. The van der Waals surface area contributed by atoms with Gasteiger partial charge in [0.2, 0.25) is 0 Å². The van der Waals surface area contributed by atoms with Crippen LogP contribution in [0.25, 0.3) is 11.2 Å². The molecule has 4 heterocycles. The molecule has 18 nitrogen and oxygen atoms in total. The number of hydrogen-bond acceptors (Lipinski definition) is 13. The molecule has 228 valence electrons. The fourth-order valence-electron chi connectivity index (χ4n) is 4.25. The average Bonchev–Trinajstić information content (AvgIpc) is 3.49. The van der Waals surface area contributed by atoms with E-state index in [1.165, 1.54) is 58.7 Å². The van der Waals surface area contributed by atoms with Crippen LogP contribution in [-0.2, 0) is 48.7 Å². The molecule has 0 aliphatic carbocycles. The first-order valence-electron chi connectivity index (χ1n) is 12.4. The average molecular weight is 613 g/mol. The van der Waals surface area contributed by atoms with Crippen LogP contribution in [0.3, 0.4) is 0 Å². The highest BCUT2D eigenvalue weighted by molar-refractivity contribution is 7.44. The highest BCUT2D eigenvalue weighted by Crippen LogP contribution is 2.33. The van der Waals surface area contributed by atoms with Crippen LogP contribution in [0.15, 0.2) is 40.4 Å². The van der Waals surface area contributed by atoms with Gasteiger partial charge in [-0.3, -0.25) is 23.3 Å². The number of carbonyl (C=O) groups is 2. The second-order valence-corrected chi connectivity index (χ2v) is 10.5. The zero-order chi connectivity index (χ0) is 30.8. The predicted molar refractivity (Wildman–Crippen MR) is 134 cm³/mol. The normalized spacial score (nSPS) is 21.8. The van der Waals surface area contributed by atoms with Gasteiger partial charge in [-0.2, -0.15) is 4.57 Å². The maximum Gasteiger partial charge on any atom is 0.344 e. The molecule has 1 aliphatic heterocycles. The number of ether oxygens (including phenoxy) is 3. The number of esters is 2. The molecule has 0 bridgehead atoms. The lowest BCUT2D eigenvalue weighted by Crippen LogP contribution is -2.46. The lowest BCUT2D eigenvalue weighted by Gasteiger charge is -2.19. The Morgan fingerprint density at radius 2 is 1.88 bits per heavy atom. The molecule has 0 aromatic carbocycles. The minimum absolute atomic E-state index is 0.0573. The Hall–Kier alpha value is -3.77. The SMILES string of the molecule is Cn1c(=O)c2c(ncn2CC(=O)OCCCOC(=O)c2ccc[n+]([C@@H]3O[C@H](COP(=O)([O-])O)[C@@H](O)[C@H]3O)c2)n(C)c1=O. The third kappa shape index (κ3) is 6.81. The van der Waals surface area contributed by atoms with E-state index in [0.29, 0.717) is 0 Å². The molecule has 3 aromatic rings. The van der Waals surface area contributed by atoms with Crippen molar-refractivity contribution in [1.82, 2.24) is 18.7 Å². The minimum Gasteiger partial charge on any atom is -0.756 e. The Morgan fingerprint density at radius 1 is 1.17 bits per heavy atom. The second-order valence-electron chi connectivity index (χ2n) is 9.31. The van der Waals surface area contributed by atoms with Gasteiger partial charge >= 0.3 is 17.6 Å². The number of aliphatic hydroxyl groups excluding tert-OH is 2. The first kappa shape index (κ1) is 31.2. The van der Waals surface area contributed by atoms with E-state index in [0.717, 1.165) is 4.57 Å². The van der Waals surface area contributed by atoms with Crippen LogP contribution in [0.4, 0.5) is 0 Å². The number of aromatic nitrogens is 5. The van der Waals surface area contributed by atoms with Crippen LogP contribution in [0, 0.1) is 0 Å². The van der Waals surface area contributed by atoms with Gasteiger partial charge in [-0.1, -0.05) is 0 Å². The van der Waals surface area contributed by atoms with E-state index in [1.807, 2.05) is 0 Å². The van der Waals surface area contributed by atoms with Gasteiger partial charge in [0.25, 0.3) is 19.6 Å². The molecular weight excluding hydrogens is 585 g/mol. The summed E-state index contributed by atoms with van der Waals surface area (Å²) in [7, 11) is -2.31. The van der Waals surface area contributed by atoms with Gasteiger partial charge < -0.3 is 43.3 Å². The number of phosphoric ester groups is 1. The number of pyridine rings is 1. The van der Waals surface area contributed by atoms with Crippen LogP contribution >= 0.6 is 7.82 Å². The summed E-state index contributed by atoms with van der Waals surface area (Å²) < 4.78 is 35.5. The van der Waals surface area contributed by atoms with E-state index >= 15 is 0 Å². The molecule has 19 heteroatoms. The third-order valence-electron chi connectivity index (χ3n) is 6.39. The molecule has 0 radical (unpaired) electrons. The van der Waals surface area contributed by atoms with Crippen LogP contribution in [0.2, 0.25) is 0 Å². The molecule has 0 spiro atoms. The van der Waals surface area contributed by atoms with Gasteiger partial charge in [0.1, 0.15) is 24.3 Å². The smallest absolute Gasteiger partial charge is 0.344 e. The quantitative estimate of drug-likeness (QED) is 0.0828. The predicted octanol–water partition coefficient (Wildman–Crippen LogP) is -3.39. The van der Waals surface area contributed by atoms with Gasteiger partial charge in [-0.25, -0.2) is 14.6 Å². The molecule has 4 rings (SSSR count). The fraction of sp³-hybridized carbons (Fsp3) is 0.478. The number of fused-ring (bicyclic) bond motifs is 1. The molecule has 5 atom stereocenters. The largest absolute Gasteiger partial charge is 0.756 e. The summed E-state index contributed by atoms with van der Waals surface area (Å²) in [6.07, 6.45) is -1.41. The highest BCUT2D eigenvalue weighted by Gasteiger charge is 2.48. The lowest BCUT2D eigenvalue weighted by molar-refractivity contribution is -0.765. The van der Waals surface area contributed by atoms with Crippen molar-refractivity contribution in [3.05, 3.63) is 57.3 Å². The van der Waals surface area contributed by atoms with Crippen molar-refractivity contribution in [2.45, 2.75) is 37.5 Å². The van der Waals surface area contributed by atoms with Crippen molar-refractivity contribution < 1.29 is 57.5 Å². The van der Waals surface area contributed by atoms with Crippen molar-refractivity contribution >= 4 is 30.9 Å². The number of carbonyl (C=O) groups excluding carboxylic acids is 2. The number of rotatable bonds is 11. The van der Waals surface area contributed by atoms with Crippen molar-refractivity contribution in [1.29, 1.82) is 0 Å². The Kier molecular flexibility index (Phi) is 9.37. The van der Waals surface area contributed by atoms with E-state index in [1.54, 1.807) is 0 Å². The number of phosphoric acid groups is 1. The Labute approximate surface area is 236 Å². The van der Waals surface area contributed by atoms with Crippen molar-refractivity contribution in [2.75, 3.05) is 19.8 Å². The summed E-state index contributed by atoms with van der Waals surface area (Å²) in [4.78, 5) is 72.9. The van der Waals surface area contributed by atoms with Crippen molar-refractivity contribution in [2.24, 2.45) is 14.1 Å². The van der Waals surface area contributed by atoms with Crippen LogP contribution in [0.5, 0.6) is 0 Å². The monoisotopic (exact) mass is 613 g/mol. The molecule has 3 aromatic heterocycles. The topological polar surface area (TPSA) is 238 Å². The van der Waals surface area contributed by atoms with Gasteiger partial charge in [0.15, 0.2) is 29.7 Å².